The molecule has 6 heteroatoms. The van der Waals surface area contributed by atoms with E-state index >= 15 is 0 Å². The SMILES string of the molecule is Cl.O=C(O)C1Cc2ccc([N+](=O)[O-])cc2C1. The zero-order valence-electron chi connectivity index (χ0n) is 8.25. The van der Waals surface area contributed by atoms with Gasteiger partial charge >= 0.3 is 5.97 Å². The van der Waals surface area contributed by atoms with E-state index in [0.29, 0.717) is 12.8 Å². The van der Waals surface area contributed by atoms with Gasteiger partial charge in [0.25, 0.3) is 5.69 Å². The molecule has 0 heterocycles. The first-order chi connectivity index (χ1) is 7.08. The Morgan fingerprint density at radius 3 is 2.56 bits per heavy atom. The van der Waals surface area contributed by atoms with Crippen LogP contribution >= 0.6 is 12.4 Å². The Morgan fingerprint density at radius 1 is 1.38 bits per heavy atom. The molecule has 0 radical (unpaired) electrons. The standard InChI is InChI=1S/C10H9NO4.ClH/c12-10(13)8-3-6-1-2-9(11(14)15)5-7(6)4-8;/h1-2,5,8H,3-4H2,(H,12,13);1H. The summed E-state index contributed by atoms with van der Waals surface area (Å²) in [5.41, 5.74) is 1.73. The molecule has 1 aromatic carbocycles. The minimum absolute atomic E-state index is 0. The number of halogens is 1. The van der Waals surface area contributed by atoms with Gasteiger partial charge < -0.3 is 5.11 Å². The topological polar surface area (TPSA) is 80.4 Å². The fraction of sp³-hybridized carbons (Fsp3) is 0.300. The van der Waals surface area contributed by atoms with E-state index in [2.05, 4.69) is 0 Å². The third kappa shape index (κ3) is 2.14. The molecule has 1 unspecified atom stereocenters. The van der Waals surface area contributed by atoms with E-state index in [1.165, 1.54) is 12.1 Å². The lowest BCUT2D eigenvalue weighted by Crippen LogP contribution is -2.12. The van der Waals surface area contributed by atoms with Crippen LogP contribution in [0.2, 0.25) is 0 Å². The van der Waals surface area contributed by atoms with Gasteiger partial charge in [0.1, 0.15) is 0 Å². The predicted octanol–water partition coefficient (Wildman–Crippen LogP) is 1.82. The van der Waals surface area contributed by atoms with Crippen LogP contribution in [0.15, 0.2) is 18.2 Å². The van der Waals surface area contributed by atoms with Crippen molar-refractivity contribution in [1.82, 2.24) is 0 Å². The van der Waals surface area contributed by atoms with Gasteiger partial charge in [0.05, 0.1) is 10.8 Å². The molecular weight excluding hydrogens is 234 g/mol. The zero-order valence-corrected chi connectivity index (χ0v) is 9.07. The molecule has 0 amide bonds. The molecule has 0 aliphatic heterocycles. The molecule has 16 heavy (non-hydrogen) atoms. The average Bonchev–Trinajstić information content (AvgIpc) is 2.59. The van der Waals surface area contributed by atoms with Crippen molar-refractivity contribution in [1.29, 1.82) is 0 Å². The molecule has 0 spiro atoms. The van der Waals surface area contributed by atoms with Crippen LogP contribution in [0.5, 0.6) is 0 Å². The molecule has 0 saturated heterocycles. The number of aliphatic carboxylic acids is 1. The van der Waals surface area contributed by atoms with Crippen LogP contribution in [0, 0.1) is 16.0 Å². The number of hydrogen-bond acceptors (Lipinski definition) is 3. The molecule has 0 bridgehead atoms. The van der Waals surface area contributed by atoms with Crippen molar-refractivity contribution in [2.75, 3.05) is 0 Å². The third-order valence-electron chi connectivity index (χ3n) is 2.68. The lowest BCUT2D eigenvalue weighted by Gasteiger charge is -1.98. The number of carbonyl (C=O) groups is 1. The van der Waals surface area contributed by atoms with E-state index in [9.17, 15) is 14.9 Å². The molecule has 86 valence electrons. The number of rotatable bonds is 2. The van der Waals surface area contributed by atoms with Gasteiger partial charge in [-0.2, -0.15) is 0 Å². The van der Waals surface area contributed by atoms with Gasteiger partial charge in [0, 0.05) is 12.1 Å². The Labute approximate surface area is 97.6 Å². The number of benzene rings is 1. The number of non-ortho nitro benzene ring substituents is 1. The van der Waals surface area contributed by atoms with Gasteiger partial charge in [-0.3, -0.25) is 14.9 Å². The van der Waals surface area contributed by atoms with Crippen LogP contribution in [0.3, 0.4) is 0 Å². The maximum atomic E-state index is 10.8. The van der Waals surface area contributed by atoms with Crippen molar-refractivity contribution in [2.24, 2.45) is 5.92 Å². The Kier molecular flexibility index (Phi) is 3.49. The van der Waals surface area contributed by atoms with E-state index in [0.717, 1.165) is 11.1 Å². The van der Waals surface area contributed by atoms with Gasteiger partial charge in [0.2, 0.25) is 0 Å². The molecule has 0 aromatic heterocycles. The van der Waals surface area contributed by atoms with Gasteiger partial charge in [-0.15, -0.1) is 12.4 Å². The Balaban J connectivity index is 0.00000128. The van der Waals surface area contributed by atoms with Crippen LogP contribution in [0.1, 0.15) is 11.1 Å². The summed E-state index contributed by atoms with van der Waals surface area (Å²) < 4.78 is 0. The number of carboxylic acid groups (broad SMARTS) is 1. The summed E-state index contributed by atoms with van der Waals surface area (Å²) in [6, 6.07) is 4.54. The first-order valence-corrected chi connectivity index (χ1v) is 4.57. The maximum Gasteiger partial charge on any atom is 0.307 e. The summed E-state index contributed by atoms with van der Waals surface area (Å²) in [5.74, 6) is -1.27. The van der Waals surface area contributed by atoms with Crippen LogP contribution in [-0.4, -0.2) is 16.0 Å². The second-order valence-corrected chi connectivity index (χ2v) is 3.65. The normalized spacial score (nSPS) is 17.4. The van der Waals surface area contributed by atoms with Crippen LogP contribution in [0.25, 0.3) is 0 Å². The predicted molar refractivity (Wildman–Crippen MR) is 58.9 cm³/mol. The summed E-state index contributed by atoms with van der Waals surface area (Å²) in [6.07, 6.45) is 0.870. The van der Waals surface area contributed by atoms with Gasteiger partial charge in [-0.1, -0.05) is 6.07 Å². The monoisotopic (exact) mass is 243 g/mol. The summed E-state index contributed by atoms with van der Waals surface area (Å²) in [7, 11) is 0. The fourth-order valence-corrected chi connectivity index (χ4v) is 1.89. The second-order valence-electron chi connectivity index (χ2n) is 3.65. The van der Waals surface area contributed by atoms with Crippen molar-refractivity contribution in [3.05, 3.63) is 39.4 Å². The molecule has 0 saturated carbocycles. The molecule has 5 nitrogen and oxygen atoms in total. The van der Waals surface area contributed by atoms with Crippen molar-refractivity contribution in [2.45, 2.75) is 12.8 Å². The van der Waals surface area contributed by atoms with Gasteiger partial charge in [-0.25, -0.2) is 0 Å². The van der Waals surface area contributed by atoms with Crippen molar-refractivity contribution in [3.63, 3.8) is 0 Å². The average molecular weight is 244 g/mol. The molecule has 1 aromatic rings. The Morgan fingerprint density at radius 2 is 2.00 bits per heavy atom. The number of carboxylic acids is 1. The smallest absolute Gasteiger partial charge is 0.307 e. The maximum absolute atomic E-state index is 10.8. The molecule has 1 atom stereocenters. The van der Waals surface area contributed by atoms with E-state index in [4.69, 9.17) is 5.11 Å². The number of hydrogen-bond donors (Lipinski definition) is 1. The number of nitro groups is 1. The first-order valence-electron chi connectivity index (χ1n) is 4.57. The molecule has 1 aliphatic rings. The minimum atomic E-state index is -0.839. The molecular formula is C10H10ClNO4. The molecule has 2 rings (SSSR count). The molecule has 0 fully saturated rings. The van der Waals surface area contributed by atoms with E-state index < -0.39 is 16.8 Å². The van der Waals surface area contributed by atoms with Gasteiger partial charge in [0.15, 0.2) is 0 Å². The lowest BCUT2D eigenvalue weighted by molar-refractivity contribution is -0.384. The summed E-state index contributed by atoms with van der Waals surface area (Å²) >= 11 is 0. The number of nitro benzene ring substituents is 1. The van der Waals surface area contributed by atoms with E-state index in [1.807, 2.05) is 0 Å². The summed E-state index contributed by atoms with van der Waals surface area (Å²) in [4.78, 5) is 20.8. The summed E-state index contributed by atoms with van der Waals surface area (Å²) in [6.45, 7) is 0. The molecule has 1 aliphatic carbocycles. The highest BCUT2D eigenvalue weighted by Gasteiger charge is 2.28. The second kappa shape index (κ2) is 4.49. The van der Waals surface area contributed by atoms with Crippen LogP contribution in [-0.2, 0) is 17.6 Å². The highest BCUT2D eigenvalue weighted by Crippen LogP contribution is 2.29. The Hall–Kier alpha value is -1.62. The Bertz CT molecular complexity index is 446. The fourth-order valence-electron chi connectivity index (χ4n) is 1.89. The highest BCUT2D eigenvalue weighted by atomic mass is 35.5. The first kappa shape index (κ1) is 12.4. The number of fused-ring (bicyclic) bond motifs is 1. The highest BCUT2D eigenvalue weighted by molar-refractivity contribution is 5.85. The third-order valence-corrected chi connectivity index (χ3v) is 2.68. The minimum Gasteiger partial charge on any atom is -0.481 e. The lowest BCUT2D eigenvalue weighted by atomic mass is 10.1. The number of nitrogens with zero attached hydrogens (tertiary/aromatic N) is 1. The van der Waals surface area contributed by atoms with E-state index in [-0.39, 0.29) is 18.1 Å². The summed E-state index contributed by atoms with van der Waals surface area (Å²) in [5, 5.41) is 19.3. The van der Waals surface area contributed by atoms with Crippen LogP contribution < -0.4 is 0 Å². The van der Waals surface area contributed by atoms with E-state index in [1.54, 1.807) is 6.07 Å². The van der Waals surface area contributed by atoms with Crippen molar-refractivity contribution >= 4 is 24.1 Å². The quantitative estimate of drug-likeness (QED) is 0.635. The largest absolute Gasteiger partial charge is 0.481 e. The van der Waals surface area contributed by atoms with Crippen molar-refractivity contribution < 1.29 is 14.8 Å². The molecule has 1 N–H and O–H groups in total. The van der Waals surface area contributed by atoms with Gasteiger partial charge in [-0.05, 0) is 24.0 Å². The van der Waals surface area contributed by atoms with Crippen molar-refractivity contribution in [3.8, 4) is 0 Å². The van der Waals surface area contributed by atoms with Crippen LogP contribution in [0.4, 0.5) is 5.69 Å². The zero-order chi connectivity index (χ0) is 11.0.